The molecule has 3 aromatic rings. The first-order valence-corrected chi connectivity index (χ1v) is 13.6. The lowest BCUT2D eigenvalue weighted by Gasteiger charge is -2.35. The average molecular weight is 481 g/mol. The number of aromatic nitrogens is 2. The van der Waals surface area contributed by atoms with Crippen LogP contribution in [0.1, 0.15) is 66.2 Å². The molecular weight excluding hydrogens is 444 g/mol. The molecule has 6 rings (SSSR count). The predicted molar refractivity (Wildman–Crippen MR) is 145 cm³/mol. The molecule has 2 N–H and O–H groups in total. The molecule has 1 aliphatic heterocycles. The number of nitrogens with one attached hydrogen (secondary N) is 2. The molecule has 186 valence electrons. The van der Waals surface area contributed by atoms with Crippen LogP contribution in [-0.4, -0.2) is 47.0 Å². The van der Waals surface area contributed by atoms with Gasteiger partial charge in [0, 0.05) is 45.0 Å². The number of hydrogen-bond acceptors (Lipinski definition) is 6. The first-order chi connectivity index (χ1) is 17.9. The van der Waals surface area contributed by atoms with E-state index in [1.807, 2.05) is 12.4 Å². The van der Waals surface area contributed by atoms with Gasteiger partial charge in [-0.05, 0) is 85.0 Å². The Kier molecular flexibility index (Phi) is 6.94. The summed E-state index contributed by atoms with van der Waals surface area (Å²) in [4.78, 5) is 17.0. The van der Waals surface area contributed by atoms with Crippen LogP contribution in [0.15, 0.2) is 59.9 Å². The Hall–Kier alpha value is -3.25. The molecule has 6 nitrogen and oxygen atoms in total. The van der Waals surface area contributed by atoms with Gasteiger partial charge in [-0.25, -0.2) is 0 Å². The largest absolute Gasteiger partial charge is 0.356 e. The normalized spacial score (nSPS) is 18.1. The third-order valence-electron chi connectivity index (χ3n) is 7.84. The van der Waals surface area contributed by atoms with Gasteiger partial charge in [-0.3, -0.25) is 19.9 Å². The quantitative estimate of drug-likeness (QED) is 0.360. The zero-order valence-corrected chi connectivity index (χ0v) is 21.0. The number of fused-ring (bicyclic) bond motifs is 4. The van der Waals surface area contributed by atoms with E-state index in [1.54, 1.807) is 0 Å². The standard InChI is InChI=1S/C30H36N6/c1-2-11-24-23(8-1)20-26-25(24)13-18-31-27(26)21-36(19-4-3-14-33-30-34-16-7-17-35-30)28-12-5-9-22-10-6-15-32-29(22)28/h1-2,6,8,10-11,13,15,18,28H,3-5,7,9,12,14,16-17,19-21H2,(H2,33,34,35). The molecule has 3 heterocycles. The molecule has 2 aromatic heterocycles. The van der Waals surface area contributed by atoms with E-state index in [-0.39, 0.29) is 0 Å². The number of rotatable bonds is 8. The van der Waals surface area contributed by atoms with Gasteiger partial charge < -0.3 is 10.6 Å². The van der Waals surface area contributed by atoms with Crippen LogP contribution in [0.5, 0.6) is 0 Å². The van der Waals surface area contributed by atoms with E-state index in [0.29, 0.717) is 6.04 Å². The van der Waals surface area contributed by atoms with E-state index >= 15 is 0 Å². The fourth-order valence-corrected chi connectivity index (χ4v) is 6.02. The van der Waals surface area contributed by atoms with Crippen molar-refractivity contribution in [2.75, 3.05) is 26.2 Å². The minimum Gasteiger partial charge on any atom is -0.356 e. The second-order valence-corrected chi connectivity index (χ2v) is 10.2. The average Bonchev–Trinajstić information content (AvgIpc) is 3.32. The van der Waals surface area contributed by atoms with E-state index in [9.17, 15) is 0 Å². The van der Waals surface area contributed by atoms with Gasteiger partial charge >= 0.3 is 0 Å². The molecule has 3 aliphatic rings. The Bertz CT molecular complexity index is 1240. The molecule has 0 bridgehead atoms. The number of aliphatic imine (C=N–C) groups is 1. The van der Waals surface area contributed by atoms with Crippen LogP contribution in [-0.2, 0) is 19.4 Å². The van der Waals surface area contributed by atoms with Crippen molar-refractivity contribution in [1.29, 1.82) is 0 Å². The summed E-state index contributed by atoms with van der Waals surface area (Å²) in [6.45, 7) is 4.81. The summed E-state index contributed by atoms with van der Waals surface area (Å²) in [6, 6.07) is 15.7. The molecule has 1 atom stereocenters. The lowest BCUT2D eigenvalue weighted by molar-refractivity contribution is 0.160. The van der Waals surface area contributed by atoms with Crippen molar-refractivity contribution in [3.05, 3.63) is 82.9 Å². The van der Waals surface area contributed by atoms with Crippen molar-refractivity contribution >= 4 is 5.96 Å². The molecule has 0 fully saturated rings. The highest BCUT2D eigenvalue weighted by molar-refractivity contribution is 5.80. The maximum absolute atomic E-state index is 4.93. The summed E-state index contributed by atoms with van der Waals surface area (Å²) in [7, 11) is 0. The Labute approximate surface area is 214 Å². The second kappa shape index (κ2) is 10.8. The third kappa shape index (κ3) is 4.87. The van der Waals surface area contributed by atoms with Crippen molar-refractivity contribution in [3.8, 4) is 11.1 Å². The number of benzene rings is 1. The highest BCUT2D eigenvalue weighted by Gasteiger charge is 2.29. The second-order valence-electron chi connectivity index (χ2n) is 10.2. The minimum absolute atomic E-state index is 0.355. The minimum atomic E-state index is 0.355. The van der Waals surface area contributed by atoms with Gasteiger partial charge in [-0.2, -0.15) is 0 Å². The van der Waals surface area contributed by atoms with Crippen LogP contribution in [0.4, 0.5) is 0 Å². The van der Waals surface area contributed by atoms with Crippen LogP contribution in [0.25, 0.3) is 11.1 Å². The molecule has 1 unspecified atom stereocenters. The number of nitrogens with zero attached hydrogens (tertiary/aromatic N) is 4. The number of hydrogen-bond donors (Lipinski definition) is 2. The van der Waals surface area contributed by atoms with Gasteiger partial charge in [0.1, 0.15) is 0 Å². The van der Waals surface area contributed by atoms with Crippen molar-refractivity contribution in [3.63, 3.8) is 0 Å². The van der Waals surface area contributed by atoms with Gasteiger partial charge in [0.25, 0.3) is 0 Å². The lowest BCUT2D eigenvalue weighted by Crippen LogP contribution is -2.41. The number of pyridine rings is 2. The Balaban J connectivity index is 1.20. The van der Waals surface area contributed by atoms with E-state index in [1.165, 1.54) is 45.6 Å². The van der Waals surface area contributed by atoms with Crippen LogP contribution in [0, 0.1) is 0 Å². The SMILES string of the molecule is c1ccc2c(c1)Cc1c-2ccnc1CN(CCCCNC1=NCCCN1)C1CCCc2cccnc21. The molecule has 0 saturated heterocycles. The summed E-state index contributed by atoms with van der Waals surface area (Å²) >= 11 is 0. The highest BCUT2D eigenvalue weighted by atomic mass is 15.2. The molecule has 6 heteroatoms. The van der Waals surface area contributed by atoms with Crippen LogP contribution >= 0.6 is 0 Å². The molecule has 2 aliphatic carbocycles. The van der Waals surface area contributed by atoms with Gasteiger partial charge in [-0.1, -0.05) is 30.3 Å². The lowest BCUT2D eigenvalue weighted by atomic mass is 9.90. The van der Waals surface area contributed by atoms with Crippen molar-refractivity contribution in [1.82, 2.24) is 25.5 Å². The summed E-state index contributed by atoms with van der Waals surface area (Å²) in [5.41, 5.74) is 9.48. The topological polar surface area (TPSA) is 65.4 Å². The van der Waals surface area contributed by atoms with E-state index < -0.39 is 0 Å². The number of unbranched alkanes of at least 4 members (excludes halogenated alkanes) is 1. The molecule has 0 spiro atoms. The van der Waals surface area contributed by atoms with E-state index in [0.717, 1.165) is 77.2 Å². The van der Waals surface area contributed by atoms with Crippen molar-refractivity contribution in [2.24, 2.45) is 4.99 Å². The van der Waals surface area contributed by atoms with E-state index in [2.05, 4.69) is 63.0 Å². The Morgan fingerprint density at radius 1 is 0.944 bits per heavy atom. The van der Waals surface area contributed by atoms with Crippen molar-refractivity contribution in [2.45, 2.75) is 57.5 Å². The number of aryl methyl sites for hydroxylation is 1. The monoisotopic (exact) mass is 480 g/mol. The van der Waals surface area contributed by atoms with E-state index in [4.69, 9.17) is 9.97 Å². The third-order valence-corrected chi connectivity index (χ3v) is 7.84. The first kappa shape index (κ1) is 23.2. The highest BCUT2D eigenvalue weighted by Crippen LogP contribution is 2.39. The van der Waals surface area contributed by atoms with Crippen LogP contribution in [0.3, 0.4) is 0 Å². The fraction of sp³-hybridized carbons (Fsp3) is 0.433. The summed E-state index contributed by atoms with van der Waals surface area (Å²) < 4.78 is 0. The maximum Gasteiger partial charge on any atom is 0.191 e. The summed E-state index contributed by atoms with van der Waals surface area (Å²) in [5, 5.41) is 6.84. The molecule has 36 heavy (non-hydrogen) atoms. The molecular formula is C30H36N6. The predicted octanol–water partition coefficient (Wildman–Crippen LogP) is 4.65. The molecule has 0 radical (unpaired) electrons. The first-order valence-electron chi connectivity index (χ1n) is 13.6. The Morgan fingerprint density at radius 2 is 1.89 bits per heavy atom. The smallest absolute Gasteiger partial charge is 0.191 e. The fourth-order valence-electron chi connectivity index (χ4n) is 6.02. The van der Waals surface area contributed by atoms with Crippen molar-refractivity contribution < 1.29 is 0 Å². The van der Waals surface area contributed by atoms with Gasteiger partial charge in [-0.15, -0.1) is 0 Å². The summed E-state index contributed by atoms with van der Waals surface area (Å²) in [6.07, 6.45) is 11.9. The zero-order valence-electron chi connectivity index (χ0n) is 21.0. The van der Waals surface area contributed by atoms with Crippen LogP contribution < -0.4 is 10.6 Å². The summed E-state index contributed by atoms with van der Waals surface area (Å²) in [5.74, 6) is 0.965. The van der Waals surface area contributed by atoms with Gasteiger partial charge in [0.15, 0.2) is 5.96 Å². The molecule has 0 amide bonds. The molecule has 0 saturated carbocycles. The van der Waals surface area contributed by atoms with Gasteiger partial charge in [0.2, 0.25) is 0 Å². The van der Waals surface area contributed by atoms with Gasteiger partial charge in [0.05, 0.1) is 17.4 Å². The Morgan fingerprint density at radius 3 is 2.83 bits per heavy atom. The molecule has 1 aromatic carbocycles. The number of guanidine groups is 1. The zero-order chi connectivity index (χ0) is 24.2. The maximum atomic E-state index is 4.93. The van der Waals surface area contributed by atoms with Crippen LogP contribution in [0.2, 0.25) is 0 Å².